The van der Waals surface area contributed by atoms with Crippen LogP contribution in [-0.2, 0) is 6.54 Å². The van der Waals surface area contributed by atoms with Crippen molar-refractivity contribution in [3.63, 3.8) is 0 Å². The average Bonchev–Trinajstić information content (AvgIpc) is 2.24. The van der Waals surface area contributed by atoms with Crippen LogP contribution in [0.5, 0.6) is 0 Å². The Labute approximate surface area is 111 Å². The van der Waals surface area contributed by atoms with E-state index < -0.39 is 5.69 Å². The first-order valence-electron chi connectivity index (χ1n) is 5.31. The molecule has 0 aliphatic carbocycles. The maximum Gasteiger partial charge on any atom is 0.328 e. The number of anilines is 1. The van der Waals surface area contributed by atoms with E-state index >= 15 is 0 Å². The van der Waals surface area contributed by atoms with Crippen molar-refractivity contribution in [2.24, 2.45) is 0 Å². The third kappa shape index (κ3) is 2.70. The highest BCUT2D eigenvalue weighted by Gasteiger charge is 2.03. The summed E-state index contributed by atoms with van der Waals surface area (Å²) in [6.07, 6.45) is 1.54. The third-order valence-corrected chi connectivity index (χ3v) is 2.98. The number of nitrogens with zero attached hydrogens (tertiary/aromatic N) is 1. The van der Waals surface area contributed by atoms with E-state index in [4.69, 9.17) is 5.73 Å². The molecule has 0 aliphatic rings. The van der Waals surface area contributed by atoms with E-state index in [0.29, 0.717) is 17.8 Å². The fraction of sp³-hybridized carbons (Fsp3) is 0.167. The zero-order chi connectivity index (χ0) is 13.3. The Bertz CT molecular complexity index is 683. The van der Waals surface area contributed by atoms with Crippen molar-refractivity contribution < 1.29 is 0 Å². The van der Waals surface area contributed by atoms with Gasteiger partial charge in [-0.15, -0.1) is 0 Å². The van der Waals surface area contributed by atoms with Crippen molar-refractivity contribution in [3.8, 4) is 0 Å². The SMILES string of the molecule is Cc1cn(Cc2cc(N)cc(Br)c2)c(=O)[nH]c1=O. The van der Waals surface area contributed by atoms with Crippen LogP contribution in [0.25, 0.3) is 0 Å². The van der Waals surface area contributed by atoms with E-state index in [9.17, 15) is 9.59 Å². The second-order valence-corrected chi connectivity index (χ2v) is 5.01. The number of aromatic nitrogens is 2. The first-order valence-corrected chi connectivity index (χ1v) is 6.10. The van der Waals surface area contributed by atoms with Gasteiger partial charge in [0, 0.05) is 21.9 Å². The number of aryl methyl sites for hydroxylation is 1. The van der Waals surface area contributed by atoms with E-state index in [1.165, 1.54) is 10.8 Å². The second kappa shape index (κ2) is 4.81. The van der Waals surface area contributed by atoms with Gasteiger partial charge in [-0.2, -0.15) is 0 Å². The van der Waals surface area contributed by atoms with Gasteiger partial charge in [-0.05, 0) is 30.7 Å². The van der Waals surface area contributed by atoms with Gasteiger partial charge >= 0.3 is 5.69 Å². The second-order valence-electron chi connectivity index (χ2n) is 4.09. The van der Waals surface area contributed by atoms with Crippen molar-refractivity contribution in [2.45, 2.75) is 13.5 Å². The van der Waals surface area contributed by atoms with E-state index in [2.05, 4.69) is 20.9 Å². The molecule has 94 valence electrons. The lowest BCUT2D eigenvalue weighted by Gasteiger charge is -2.07. The van der Waals surface area contributed by atoms with E-state index in [-0.39, 0.29) is 5.56 Å². The molecule has 0 unspecified atom stereocenters. The number of nitrogens with two attached hydrogens (primary N) is 1. The van der Waals surface area contributed by atoms with Crippen LogP contribution >= 0.6 is 15.9 Å². The van der Waals surface area contributed by atoms with Gasteiger partial charge in [-0.3, -0.25) is 14.3 Å². The highest BCUT2D eigenvalue weighted by atomic mass is 79.9. The molecule has 2 aromatic rings. The zero-order valence-corrected chi connectivity index (χ0v) is 11.3. The molecule has 5 nitrogen and oxygen atoms in total. The van der Waals surface area contributed by atoms with Crippen LogP contribution in [0.1, 0.15) is 11.1 Å². The number of rotatable bonds is 2. The summed E-state index contributed by atoms with van der Waals surface area (Å²) in [5, 5.41) is 0. The summed E-state index contributed by atoms with van der Waals surface area (Å²) in [6.45, 7) is 2.02. The number of aromatic amines is 1. The summed E-state index contributed by atoms with van der Waals surface area (Å²) in [5.74, 6) is 0. The molecule has 6 heteroatoms. The zero-order valence-electron chi connectivity index (χ0n) is 9.74. The lowest BCUT2D eigenvalue weighted by atomic mass is 10.2. The Balaban J connectivity index is 2.43. The molecule has 18 heavy (non-hydrogen) atoms. The first kappa shape index (κ1) is 12.6. The maximum absolute atomic E-state index is 11.6. The fourth-order valence-corrected chi connectivity index (χ4v) is 2.26. The van der Waals surface area contributed by atoms with Crippen LogP contribution in [0.4, 0.5) is 5.69 Å². The van der Waals surface area contributed by atoms with Crippen molar-refractivity contribution in [1.82, 2.24) is 9.55 Å². The number of benzene rings is 1. The standard InChI is InChI=1S/C12H12BrN3O2/c1-7-5-16(12(18)15-11(7)17)6-8-2-9(13)4-10(14)3-8/h2-5H,6,14H2,1H3,(H,15,17,18). The van der Waals surface area contributed by atoms with Gasteiger partial charge in [-0.25, -0.2) is 4.79 Å². The lowest BCUT2D eigenvalue weighted by Crippen LogP contribution is -2.31. The molecule has 0 aliphatic heterocycles. The largest absolute Gasteiger partial charge is 0.399 e. The number of halogens is 1. The molecule has 0 saturated heterocycles. The molecule has 0 bridgehead atoms. The summed E-state index contributed by atoms with van der Waals surface area (Å²) in [5.41, 5.74) is 6.95. The molecule has 0 radical (unpaired) electrons. The van der Waals surface area contributed by atoms with Crippen molar-refractivity contribution in [3.05, 3.63) is 60.8 Å². The predicted octanol–water partition coefficient (Wildman–Crippen LogP) is 1.24. The van der Waals surface area contributed by atoms with Crippen LogP contribution in [0, 0.1) is 6.92 Å². The summed E-state index contributed by atoms with van der Waals surface area (Å²) in [4.78, 5) is 25.2. The summed E-state index contributed by atoms with van der Waals surface area (Å²) in [6, 6.07) is 5.45. The van der Waals surface area contributed by atoms with E-state index in [1.807, 2.05) is 6.07 Å². The summed E-state index contributed by atoms with van der Waals surface area (Å²) >= 11 is 3.35. The molecule has 0 amide bonds. The predicted molar refractivity (Wildman–Crippen MR) is 73.7 cm³/mol. The van der Waals surface area contributed by atoms with Crippen molar-refractivity contribution in [2.75, 3.05) is 5.73 Å². The Hall–Kier alpha value is -1.82. The summed E-state index contributed by atoms with van der Waals surface area (Å²) in [7, 11) is 0. The molecule has 1 heterocycles. The van der Waals surface area contributed by atoms with Gasteiger partial charge < -0.3 is 5.73 Å². The minimum absolute atomic E-state index is 0.356. The van der Waals surface area contributed by atoms with Gasteiger partial charge in [0.25, 0.3) is 5.56 Å². The van der Waals surface area contributed by atoms with Crippen LogP contribution in [-0.4, -0.2) is 9.55 Å². The van der Waals surface area contributed by atoms with Crippen LogP contribution < -0.4 is 17.0 Å². The van der Waals surface area contributed by atoms with Crippen LogP contribution in [0.2, 0.25) is 0 Å². The molecule has 0 atom stereocenters. The smallest absolute Gasteiger partial charge is 0.328 e. The number of hydrogen-bond donors (Lipinski definition) is 2. The van der Waals surface area contributed by atoms with Crippen molar-refractivity contribution in [1.29, 1.82) is 0 Å². The van der Waals surface area contributed by atoms with Crippen molar-refractivity contribution >= 4 is 21.6 Å². The summed E-state index contributed by atoms with van der Waals surface area (Å²) < 4.78 is 2.30. The topological polar surface area (TPSA) is 80.9 Å². The fourth-order valence-electron chi connectivity index (χ4n) is 1.70. The Morgan fingerprint density at radius 1 is 1.33 bits per heavy atom. The van der Waals surface area contributed by atoms with Gasteiger partial charge in [0.1, 0.15) is 0 Å². The molecule has 1 aromatic carbocycles. The lowest BCUT2D eigenvalue weighted by molar-refractivity contribution is 0.713. The molecule has 0 saturated carbocycles. The number of hydrogen-bond acceptors (Lipinski definition) is 3. The minimum Gasteiger partial charge on any atom is -0.399 e. The van der Waals surface area contributed by atoms with Crippen LogP contribution in [0.15, 0.2) is 38.5 Å². The Morgan fingerprint density at radius 2 is 2.06 bits per heavy atom. The van der Waals surface area contributed by atoms with Gasteiger partial charge in [0.2, 0.25) is 0 Å². The molecule has 3 N–H and O–H groups in total. The minimum atomic E-state index is -0.427. The molecule has 2 rings (SSSR count). The van der Waals surface area contributed by atoms with E-state index in [1.54, 1.807) is 19.1 Å². The quantitative estimate of drug-likeness (QED) is 0.819. The third-order valence-electron chi connectivity index (χ3n) is 2.52. The van der Waals surface area contributed by atoms with Gasteiger partial charge in [0.15, 0.2) is 0 Å². The normalized spacial score (nSPS) is 10.6. The van der Waals surface area contributed by atoms with E-state index in [0.717, 1.165) is 10.0 Å². The number of H-pyrrole nitrogens is 1. The molecule has 0 spiro atoms. The van der Waals surface area contributed by atoms with Gasteiger partial charge in [0.05, 0.1) is 6.54 Å². The molecule has 1 aromatic heterocycles. The van der Waals surface area contributed by atoms with Crippen LogP contribution in [0.3, 0.4) is 0 Å². The molecular formula is C12H12BrN3O2. The number of nitrogens with one attached hydrogen (secondary N) is 1. The van der Waals surface area contributed by atoms with Gasteiger partial charge in [-0.1, -0.05) is 15.9 Å². The number of nitrogen functional groups attached to an aromatic ring is 1. The Morgan fingerprint density at radius 3 is 2.72 bits per heavy atom. The Kier molecular flexibility index (Phi) is 3.38. The molecule has 0 fully saturated rings. The highest BCUT2D eigenvalue weighted by Crippen LogP contribution is 2.17. The first-order chi connectivity index (χ1) is 8.45. The monoisotopic (exact) mass is 309 g/mol. The molecular weight excluding hydrogens is 298 g/mol. The maximum atomic E-state index is 11.6. The average molecular weight is 310 g/mol. The highest BCUT2D eigenvalue weighted by molar-refractivity contribution is 9.10.